The van der Waals surface area contributed by atoms with E-state index in [9.17, 15) is 0 Å². The molecule has 0 N–H and O–H groups in total. The number of hydrogen-bond donors (Lipinski definition) is 0. The van der Waals surface area contributed by atoms with Gasteiger partial charge in [0, 0.05) is 23.3 Å². The monoisotopic (exact) mass is 460 g/mol. The van der Waals surface area contributed by atoms with E-state index in [0.29, 0.717) is 11.8 Å². The van der Waals surface area contributed by atoms with Gasteiger partial charge in [0.15, 0.2) is 0 Å². The molecule has 2 atom stereocenters. The van der Waals surface area contributed by atoms with Crippen molar-refractivity contribution < 1.29 is 18.2 Å². The summed E-state index contributed by atoms with van der Waals surface area (Å²) >= 11 is 2.22. The number of rotatable bonds is 4. The van der Waals surface area contributed by atoms with Crippen LogP contribution in [0.5, 0.6) is 0 Å². The van der Waals surface area contributed by atoms with Gasteiger partial charge in [-0.05, 0) is 51.0 Å². The van der Waals surface area contributed by atoms with E-state index < -0.39 is 0 Å². The fraction of sp³-hybridized carbons (Fsp3) is 0.318. The van der Waals surface area contributed by atoms with Crippen molar-refractivity contribution in [3.63, 3.8) is 0 Å². The Hall–Kier alpha value is -1.27. The van der Waals surface area contributed by atoms with Crippen LogP contribution in [0.1, 0.15) is 33.1 Å². The first kappa shape index (κ1) is 22.8. The van der Waals surface area contributed by atoms with E-state index in [-0.39, 0.29) is 7.43 Å². The normalized spacial score (nSPS) is 20.0. The van der Waals surface area contributed by atoms with Crippen LogP contribution in [0.2, 0.25) is 0 Å². The molecule has 1 aliphatic rings. The number of para-hydroxylation sites is 2. The van der Waals surface area contributed by atoms with Crippen LogP contribution in [0, 0.1) is 19.3 Å². The maximum absolute atomic E-state index is 4.84. The second kappa shape index (κ2) is 12.2. The molecule has 0 heterocycles. The molecule has 0 saturated heterocycles. The summed E-state index contributed by atoms with van der Waals surface area (Å²) in [5.74, 6) is 1.03. The van der Waals surface area contributed by atoms with Crippen LogP contribution < -0.4 is 0 Å². The Morgan fingerprint density at radius 3 is 1.46 bits per heavy atom. The molecule has 0 aromatic heterocycles. The minimum absolute atomic E-state index is 0. The Bertz CT molecular complexity index is 637. The molecular weight excluding hydrogens is 434 g/mol. The zero-order valence-electron chi connectivity index (χ0n) is 15.6. The van der Waals surface area contributed by atoms with E-state index in [1.165, 1.54) is 30.7 Å². The fourth-order valence-corrected chi connectivity index (χ4v) is 3.54. The van der Waals surface area contributed by atoms with Crippen molar-refractivity contribution in [2.24, 2.45) is 21.8 Å². The predicted molar refractivity (Wildman–Crippen MR) is 112 cm³/mol. The van der Waals surface area contributed by atoms with Gasteiger partial charge in [-0.15, -0.1) is 0 Å². The molecule has 0 spiro atoms. The van der Waals surface area contributed by atoms with E-state index >= 15 is 0 Å². The molecular formula is C22H27ClN2Pd. The topological polar surface area (TPSA) is 24.7 Å². The molecule has 0 amide bonds. The van der Waals surface area contributed by atoms with Gasteiger partial charge in [0.25, 0.3) is 0 Å². The van der Waals surface area contributed by atoms with Crippen LogP contribution in [-0.2, 0) is 18.2 Å². The van der Waals surface area contributed by atoms with Crippen LogP contribution in [0.4, 0.5) is 11.4 Å². The zero-order valence-corrected chi connectivity index (χ0v) is 17.9. The van der Waals surface area contributed by atoms with Gasteiger partial charge in [-0.2, -0.15) is 0 Å². The van der Waals surface area contributed by atoms with Gasteiger partial charge in [0.05, 0.1) is 11.4 Å². The van der Waals surface area contributed by atoms with Crippen LogP contribution in [0.3, 0.4) is 0 Å². The quantitative estimate of drug-likeness (QED) is 0.263. The summed E-state index contributed by atoms with van der Waals surface area (Å²) in [5, 5.41) is 0. The third-order valence-electron chi connectivity index (χ3n) is 4.71. The Morgan fingerprint density at radius 1 is 0.769 bits per heavy atom. The third kappa shape index (κ3) is 6.47. The van der Waals surface area contributed by atoms with Crippen LogP contribution in [0.15, 0.2) is 70.6 Å². The predicted octanol–water partition coefficient (Wildman–Crippen LogP) is 7.13. The Kier molecular flexibility index (Phi) is 10.7. The number of aliphatic imine (C=N–C) groups is 2. The number of nitrogens with zero attached hydrogens (tertiary/aromatic N) is 2. The van der Waals surface area contributed by atoms with Crippen molar-refractivity contribution in [2.75, 3.05) is 0 Å². The SMILES string of the molecule is CC(=Nc1ccccc1)C1CCCC1C(C)=Nc1ccccc1.[CH3-].[Cl][Pd+]. The number of hydrogen-bond acceptors (Lipinski definition) is 2. The van der Waals surface area contributed by atoms with E-state index in [1.54, 1.807) is 0 Å². The average molecular weight is 461 g/mol. The first-order valence-corrected chi connectivity index (χ1v) is 10.6. The standard InChI is InChI=1S/C21H24N2.CH3.ClH.Pd/c1-16(22-18-10-5-3-6-11-18)20-14-9-15-21(20)17(2)23-19-12-7-4-8-13-19;;;/h3-8,10-13,20-21H,9,14-15H2,1-2H3;1H3;1H;/q;-1;;+2/p-1. The van der Waals surface area contributed by atoms with Crippen molar-refractivity contribution >= 4 is 32.3 Å². The van der Waals surface area contributed by atoms with Crippen molar-refractivity contribution in [3.8, 4) is 0 Å². The van der Waals surface area contributed by atoms with Crippen LogP contribution >= 0.6 is 9.53 Å². The molecule has 142 valence electrons. The molecule has 2 unspecified atom stereocenters. The molecule has 0 aliphatic heterocycles. The molecule has 0 radical (unpaired) electrons. The van der Waals surface area contributed by atoms with E-state index in [0.717, 1.165) is 11.4 Å². The average Bonchev–Trinajstić information content (AvgIpc) is 3.15. The van der Waals surface area contributed by atoms with E-state index in [2.05, 4.69) is 65.8 Å². The summed E-state index contributed by atoms with van der Waals surface area (Å²) in [6.07, 6.45) is 3.70. The Morgan fingerprint density at radius 2 is 1.12 bits per heavy atom. The molecule has 1 aliphatic carbocycles. The van der Waals surface area contributed by atoms with Crippen molar-refractivity contribution in [3.05, 3.63) is 68.1 Å². The van der Waals surface area contributed by atoms with Gasteiger partial charge < -0.3 is 7.43 Å². The van der Waals surface area contributed by atoms with E-state index in [4.69, 9.17) is 9.98 Å². The molecule has 2 aromatic carbocycles. The van der Waals surface area contributed by atoms with Gasteiger partial charge >= 0.3 is 27.7 Å². The van der Waals surface area contributed by atoms with Crippen molar-refractivity contribution in [1.29, 1.82) is 0 Å². The van der Waals surface area contributed by atoms with Crippen LogP contribution in [0.25, 0.3) is 0 Å². The third-order valence-corrected chi connectivity index (χ3v) is 4.71. The van der Waals surface area contributed by atoms with Gasteiger partial charge in [-0.25, -0.2) is 0 Å². The van der Waals surface area contributed by atoms with E-state index in [1.807, 2.05) is 36.4 Å². The van der Waals surface area contributed by atoms with Gasteiger partial charge in [0.1, 0.15) is 0 Å². The Labute approximate surface area is 173 Å². The molecule has 3 rings (SSSR count). The Balaban J connectivity index is 0.00000109. The second-order valence-corrected chi connectivity index (χ2v) is 6.32. The van der Waals surface area contributed by atoms with Gasteiger partial charge in [-0.1, -0.05) is 42.8 Å². The van der Waals surface area contributed by atoms with Crippen LogP contribution in [-0.4, -0.2) is 11.4 Å². The van der Waals surface area contributed by atoms with Crippen molar-refractivity contribution in [2.45, 2.75) is 33.1 Å². The molecule has 0 bridgehead atoms. The van der Waals surface area contributed by atoms with Gasteiger partial charge in [0.2, 0.25) is 0 Å². The molecule has 1 saturated carbocycles. The first-order chi connectivity index (χ1) is 12.2. The summed E-state index contributed by atoms with van der Waals surface area (Å²) in [6, 6.07) is 20.5. The fourth-order valence-electron chi connectivity index (χ4n) is 3.54. The summed E-state index contributed by atoms with van der Waals surface area (Å²) in [7, 11) is 4.49. The summed E-state index contributed by atoms with van der Waals surface area (Å²) in [5.41, 5.74) is 4.57. The maximum atomic E-state index is 4.84. The summed E-state index contributed by atoms with van der Waals surface area (Å²) in [6.45, 7) is 4.34. The first-order valence-electron chi connectivity index (χ1n) is 8.56. The van der Waals surface area contributed by atoms with Crippen molar-refractivity contribution in [1.82, 2.24) is 0 Å². The molecule has 4 heteroatoms. The zero-order chi connectivity index (χ0) is 18.1. The number of benzene rings is 2. The summed E-state index contributed by atoms with van der Waals surface area (Å²) in [4.78, 5) is 9.68. The van der Waals surface area contributed by atoms with Gasteiger partial charge in [-0.3, -0.25) is 9.98 Å². The number of halogens is 1. The minimum atomic E-state index is 0. The molecule has 1 fully saturated rings. The molecule has 26 heavy (non-hydrogen) atoms. The molecule has 2 nitrogen and oxygen atoms in total. The molecule has 2 aromatic rings. The second-order valence-electron chi connectivity index (χ2n) is 6.32. The summed E-state index contributed by atoms with van der Waals surface area (Å²) < 4.78 is 0.